The van der Waals surface area contributed by atoms with Crippen LogP contribution in [-0.2, 0) is 16.1 Å². The third kappa shape index (κ3) is 5.82. The van der Waals surface area contributed by atoms with Gasteiger partial charge in [0.1, 0.15) is 5.69 Å². The van der Waals surface area contributed by atoms with Crippen LogP contribution in [0.5, 0.6) is 0 Å². The summed E-state index contributed by atoms with van der Waals surface area (Å²) >= 11 is 0. The molecule has 2 heterocycles. The number of nitrogens with one attached hydrogen (secondary N) is 1. The fourth-order valence-corrected chi connectivity index (χ4v) is 5.65. The number of hydrogen-bond acceptors (Lipinski definition) is 5. The number of carbonyl (C=O) groups excluding carboxylic acids is 2. The molecule has 3 aromatic rings. The molecule has 39 heavy (non-hydrogen) atoms. The van der Waals surface area contributed by atoms with Gasteiger partial charge in [-0.3, -0.25) is 19.1 Å². The third-order valence-corrected chi connectivity index (χ3v) is 7.75. The van der Waals surface area contributed by atoms with Crippen molar-refractivity contribution < 1.29 is 19.5 Å². The fourth-order valence-electron chi connectivity index (χ4n) is 5.65. The van der Waals surface area contributed by atoms with Crippen LogP contribution in [0.1, 0.15) is 43.1 Å². The highest BCUT2D eigenvalue weighted by atomic mass is 16.4. The first-order valence-corrected chi connectivity index (χ1v) is 13.8. The second-order valence-electron chi connectivity index (χ2n) is 10.3. The van der Waals surface area contributed by atoms with E-state index in [1.165, 1.54) is 0 Å². The summed E-state index contributed by atoms with van der Waals surface area (Å²) in [5, 5.41) is 17.1. The molecule has 0 spiro atoms. The number of carboxylic acids is 1. The lowest BCUT2D eigenvalue weighted by molar-refractivity contribution is -0.149. The van der Waals surface area contributed by atoms with Crippen LogP contribution in [-0.4, -0.2) is 63.7 Å². The molecular weight excluding hydrogens is 494 g/mol. The van der Waals surface area contributed by atoms with E-state index >= 15 is 0 Å². The van der Waals surface area contributed by atoms with Crippen LogP contribution in [0.15, 0.2) is 60.7 Å². The monoisotopic (exact) mass is 529 g/mol. The molecule has 2 fully saturated rings. The Hall–Kier alpha value is -4.14. The minimum atomic E-state index is -0.858. The molecule has 2 N–H and O–H groups in total. The van der Waals surface area contributed by atoms with Crippen LogP contribution in [0.3, 0.4) is 0 Å². The van der Waals surface area contributed by atoms with Crippen LogP contribution < -0.4 is 10.2 Å². The van der Waals surface area contributed by atoms with Gasteiger partial charge in [-0.15, -0.1) is 0 Å². The molecule has 2 amide bonds. The molecule has 1 aromatic heterocycles. The van der Waals surface area contributed by atoms with Crippen molar-refractivity contribution in [3.63, 3.8) is 0 Å². The Labute approximate surface area is 228 Å². The number of piperazine rings is 1. The van der Waals surface area contributed by atoms with Crippen molar-refractivity contribution in [1.82, 2.24) is 14.7 Å². The predicted octanol–water partition coefficient (Wildman–Crippen LogP) is 4.36. The van der Waals surface area contributed by atoms with E-state index in [0.717, 1.165) is 29.8 Å². The van der Waals surface area contributed by atoms with Crippen LogP contribution in [0.4, 0.5) is 11.4 Å². The highest BCUT2D eigenvalue weighted by Gasteiger charge is 2.40. The number of carbonyl (C=O) groups is 3. The maximum Gasteiger partial charge on any atom is 0.307 e. The number of hydrogen-bond donors (Lipinski definition) is 2. The number of rotatable bonds is 8. The highest BCUT2D eigenvalue weighted by Crippen LogP contribution is 2.34. The topological polar surface area (TPSA) is 108 Å². The maximum absolute atomic E-state index is 13.2. The zero-order valence-electron chi connectivity index (χ0n) is 22.3. The van der Waals surface area contributed by atoms with Crippen molar-refractivity contribution in [3.05, 3.63) is 66.4 Å². The summed E-state index contributed by atoms with van der Waals surface area (Å²) in [6, 6.07) is 19.4. The van der Waals surface area contributed by atoms with E-state index in [9.17, 15) is 19.5 Å². The van der Waals surface area contributed by atoms with Crippen molar-refractivity contribution in [2.45, 2.75) is 39.2 Å². The molecule has 1 saturated carbocycles. The Kier molecular flexibility index (Phi) is 7.95. The quantitative estimate of drug-likeness (QED) is 0.449. The molecule has 0 radical (unpaired) electrons. The minimum Gasteiger partial charge on any atom is -0.481 e. The Morgan fingerprint density at radius 3 is 2.31 bits per heavy atom. The van der Waals surface area contributed by atoms with E-state index in [0.29, 0.717) is 56.9 Å². The first-order chi connectivity index (χ1) is 18.9. The average Bonchev–Trinajstić information content (AvgIpc) is 3.62. The Balaban J connectivity index is 1.19. The van der Waals surface area contributed by atoms with Gasteiger partial charge in [-0.1, -0.05) is 43.7 Å². The molecule has 1 aliphatic carbocycles. The van der Waals surface area contributed by atoms with Crippen LogP contribution in [0.2, 0.25) is 0 Å². The average molecular weight is 530 g/mol. The number of aromatic nitrogens is 2. The van der Waals surface area contributed by atoms with Gasteiger partial charge in [-0.2, -0.15) is 5.10 Å². The zero-order valence-corrected chi connectivity index (χ0v) is 22.3. The second kappa shape index (κ2) is 11.7. The third-order valence-electron chi connectivity index (χ3n) is 7.75. The number of carboxylic acid groups (broad SMARTS) is 1. The number of nitrogens with zero attached hydrogens (tertiary/aromatic N) is 4. The number of anilines is 2. The molecule has 2 atom stereocenters. The summed E-state index contributed by atoms with van der Waals surface area (Å²) in [6.07, 6.45) is 2.91. The summed E-state index contributed by atoms with van der Waals surface area (Å²) < 4.78 is 1.76. The highest BCUT2D eigenvalue weighted by molar-refractivity contribution is 6.03. The fraction of sp³-hybridized carbons (Fsp3) is 0.400. The van der Waals surface area contributed by atoms with Crippen molar-refractivity contribution in [1.29, 1.82) is 0 Å². The van der Waals surface area contributed by atoms with E-state index in [1.807, 2.05) is 65.6 Å². The summed E-state index contributed by atoms with van der Waals surface area (Å²) in [7, 11) is 0. The summed E-state index contributed by atoms with van der Waals surface area (Å²) in [6.45, 7) is 5.22. The van der Waals surface area contributed by atoms with Gasteiger partial charge in [0.15, 0.2) is 0 Å². The molecule has 204 valence electrons. The van der Waals surface area contributed by atoms with Crippen LogP contribution in [0.25, 0.3) is 11.3 Å². The van der Waals surface area contributed by atoms with Gasteiger partial charge in [0.2, 0.25) is 5.91 Å². The van der Waals surface area contributed by atoms with Gasteiger partial charge in [-0.05, 0) is 49.6 Å². The molecule has 9 heteroatoms. The molecule has 2 aliphatic rings. The van der Waals surface area contributed by atoms with Crippen molar-refractivity contribution in [2.75, 3.05) is 36.4 Å². The summed E-state index contributed by atoms with van der Waals surface area (Å²) in [4.78, 5) is 41.7. The standard InChI is InChI=1S/C30H35N5O4/c1-2-15-35-27(20-26(32-35)21-7-4-3-5-8-21)28(36)31-22-11-13-23(14-12-22)33-16-18-34(19-17-33)29(37)24-9-6-10-25(24)30(38)39/h3-5,7-8,11-14,20,24-25H,2,6,9-10,15-19H2,1H3,(H,31,36)(H,38,39)/t24-,25-/m0/s1. The lowest BCUT2D eigenvalue weighted by atomic mass is 9.94. The Bertz CT molecular complexity index is 1310. The number of benzene rings is 2. The summed E-state index contributed by atoms with van der Waals surface area (Å²) in [5.74, 6) is -2.03. The SMILES string of the molecule is CCCn1nc(-c2ccccc2)cc1C(=O)Nc1ccc(N2CCN(C(=O)[C@H]3CCC[C@@H]3C(=O)O)CC2)cc1. The Morgan fingerprint density at radius 1 is 0.949 bits per heavy atom. The van der Waals surface area contributed by atoms with Gasteiger partial charge in [-0.25, -0.2) is 0 Å². The lowest BCUT2D eigenvalue weighted by Gasteiger charge is -2.37. The second-order valence-corrected chi connectivity index (χ2v) is 10.3. The lowest BCUT2D eigenvalue weighted by Crippen LogP contribution is -2.51. The molecule has 2 aromatic carbocycles. The molecule has 0 bridgehead atoms. The largest absolute Gasteiger partial charge is 0.481 e. The smallest absolute Gasteiger partial charge is 0.307 e. The maximum atomic E-state index is 13.2. The minimum absolute atomic E-state index is 0.0182. The van der Waals surface area contributed by atoms with E-state index in [4.69, 9.17) is 0 Å². The van der Waals surface area contributed by atoms with Gasteiger partial charge in [0, 0.05) is 49.7 Å². The van der Waals surface area contributed by atoms with E-state index < -0.39 is 17.8 Å². The van der Waals surface area contributed by atoms with Crippen molar-refractivity contribution in [3.8, 4) is 11.3 Å². The molecule has 1 saturated heterocycles. The molecular formula is C30H35N5O4. The molecule has 1 aliphatic heterocycles. The van der Waals surface area contributed by atoms with Gasteiger partial charge >= 0.3 is 5.97 Å². The van der Waals surface area contributed by atoms with Gasteiger partial charge in [0.05, 0.1) is 17.5 Å². The molecule has 5 rings (SSSR count). The van der Waals surface area contributed by atoms with Crippen molar-refractivity contribution >= 4 is 29.2 Å². The van der Waals surface area contributed by atoms with Gasteiger partial charge < -0.3 is 20.2 Å². The van der Waals surface area contributed by atoms with E-state index in [1.54, 1.807) is 4.68 Å². The molecule has 9 nitrogen and oxygen atoms in total. The number of aryl methyl sites for hydroxylation is 1. The summed E-state index contributed by atoms with van der Waals surface area (Å²) in [5.41, 5.74) is 3.98. The molecule has 0 unspecified atom stereocenters. The first-order valence-electron chi connectivity index (χ1n) is 13.8. The van der Waals surface area contributed by atoms with E-state index in [-0.39, 0.29) is 11.8 Å². The van der Waals surface area contributed by atoms with Crippen LogP contribution in [0, 0.1) is 11.8 Å². The van der Waals surface area contributed by atoms with Gasteiger partial charge in [0.25, 0.3) is 5.91 Å². The predicted molar refractivity (Wildman–Crippen MR) is 150 cm³/mol. The number of amides is 2. The zero-order chi connectivity index (χ0) is 27.4. The van der Waals surface area contributed by atoms with Crippen molar-refractivity contribution in [2.24, 2.45) is 11.8 Å². The number of aliphatic carboxylic acids is 1. The van der Waals surface area contributed by atoms with E-state index in [2.05, 4.69) is 22.2 Å². The normalized spacial score (nSPS) is 19.2. The van der Waals surface area contributed by atoms with Crippen LogP contribution >= 0.6 is 0 Å². The Morgan fingerprint density at radius 2 is 1.64 bits per heavy atom. The first kappa shape index (κ1) is 26.5.